The standard InChI is InChI=1S/C14H18O4S/c1-4-18-13-6-5-10(7-11(13)14(16)17)12(15)8-19-9(2)3/h5-7,9H,4,8H2,1-3H3,(H,16,17). The zero-order valence-electron chi connectivity index (χ0n) is 11.3. The number of thioether (sulfide) groups is 1. The second kappa shape index (κ2) is 7.19. The summed E-state index contributed by atoms with van der Waals surface area (Å²) in [5.74, 6) is -0.507. The highest BCUT2D eigenvalue weighted by atomic mass is 32.2. The van der Waals surface area contributed by atoms with Gasteiger partial charge < -0.3 is 9.84 Å². The zero-order chi connectivity index (χ0) is 14.4. The molecule has 0 saturated carbocycles. The van der Waals surface area contributed by atoms with Crippen LogP contribution in [0.2, 0.25) is 0 Å². The topological polar surface area (TPSA) is 63.6 Å². The van der Waals surface area contributed by atoms with Crippen LogP contribution in [0.25, 0.3) is 0 Å². The Kier molecular flexibility index (Phi) is 5.89. The van der Waals surface area contributed by atoms with Crippen LogP contribution >= 0.6 is 11.8 Å². The lowest BCUT2D eigenvalue weighted by atomic mass is 10.1. The molecule has 0 atom stereocenters. The number of aromatic carboxylic acids is 1. The number of rotatable bonds is 7. The molecule has 0 aliphatic carbocycles. The molecule has 0 heterocycles. The van der Waals surface area contributed by atoms with E-state index in [4.69, 9.17) is 9.84 Å². The summed E-state index contributed by atoms with van der Waals surface area (Å²) in [6.45, 7) is 6.19. The van der Waals surface area contributed by atoms with Gasteiger partial charge in [0.15, 0.2) is 5.78 Å². The fourth-order valence-corrected chi connectivity index (χ4v) is 2.13. The molecule has 0 bridgehead atoms. The van der Waals surface area contributed by atoms with Crippen LogP contribution in [0.5, 0.6) is 5.75 Å². The van der Waals surface area contributed by atoms with Gasteiger partial charge in [-0.3, -0.25) is 4.79 Å². The predicted molar refractivity (Wildman–Crippen MR) is 76.5 cm³/mol. The van der Waals surface area contributed by atoms with Gasteiger partial charge in [-0.25, -0.2) is 4.79 Å². The Labute approximate surface area is 117 Å². The number of hydrogen-bond acceptors (Lipinski definition) is 4. The summed E-state index contributed by atoms with van der Waals surface area (Å²) in [5, 5.41) is 9.49. The zero-order valence-corrected chi connectivity index (χ0v) is 12.1. The van der Waals surface area contributed by atoms with Gasteiger partial charge in [0.05, 0.1) is 12.4 Å². The van der Waals surface area contributed by atoms with E-state index in [-0.39, 0.29) is 11.3 Å². The first kappa shape index (κ1) is 15.6. The van der Waals surface area contributed by atoms with Gasteiger partial charge in [-0.15, -0.1) is 0 Å². The van der Waals surface area contributed by atoms with Crippen molar-refractivity contribution in [1.82, 2.24) is 0 Å². The summed E-state index contributed by atoms with van der Waals surface area (Å²) in [5.41, 5.74) is 0.441. The maximum absolute atomic E-state index is 11.9. The van der Waals surface area contributed by atoms with Crippen molar-refractivity contribution in [2.75, 3.05) is 12.4 Å². The summed E-state index contributed by atoms with van der Waals surface area (Å²) in [6, 6.07) is 4.54. The Morgan fingerprint density at radius 3 is 2.58 bits per heavy atom. The lowest BCUT2D eigenvalue weighted by Gasteiger charge is -2.09. The molecule has 104 valence electrons. The first-order chi connectivity index (χ1) is 8.95. The van der Waals surface area contributed by atoms with E-state index in [2.05, 4.69) is 0 Å². The molecule has 0 aromatic heterocycles. The van der Waals surface area contributed by atoms with Gasteiger partial charge in [0.1, 0.15) is 11.3 Å². The number of benzene rings is 1. The lowest BCUT2D eigenvalue weighted by molar-refractivity contribution is 0.0692. The molecular formula is C14H18O4S. The first-order valence-electron chi connectivity index (χ1n) is 6.10. The Morgan fingerprint density at radius 1 is 1.37 bits per heavy atom. The van der Waals surface area contributed by atoms with Crippen molar-refractivity contribution >= 4 is 23.5 Å². The van der Waals surface area contributed by atoms with Crippen molar-refractivity contribution in [3.05, 3.63) is 29.3 Å². The van der Waals surface area contributed by atoms with Crippen LogP contribution in [0.3, 0.4) is 0 Å². The van der Waals surface area contributed by atoms with Gasteiger partial charge in [-0.05, 0) is 30.4 Å². The normalized spacial score (nSPS) is 10.5. The molecule has 0 unspecified atom stereocenters. The summed E-state index contributed by atoms with van der Waals surface area (Å²) in [4.78, 5) is 23.1. The van der Waals surface area contributed by atoms with Crippen LogP contribution in [-0.2, 0) is 0 Å². The van der Waals surface area contributed by atoms with Crippen LogP contribution in [-0.4, -0.2) is 34.5 Å². The summed E-state index contributed by atoms with van der Waals surface area (Å²) in [7, 11) is 0. The molecule has 0 saturated heterocycles. The maximum Gasteiger partial charge on any atom is 0.339 e. The molecule has 1 aromatic rings. The van der Waals surface area contributed by atoms with Gasteiger partial charge in [-0.2, -0.15) is 11.8 Å². The number of carboxylic acid groups (broad SMARTS) is 1. The first-order valence-corrected chi connectivity index (χ1v) is 7.15. The number of hydrogen-bond donors (Lipinski definition) is 1. The minimum absolute atomic E-state index is 0.0299. The van der Waals surface area contributed by atoms with E-state index in [9.17, 15) is 9.59 Å². The monoisotopic (exact) mass is 282 g/mol. The van der Waals surface area contributed by atoms with Crippen LogP contribution in [0, 0.1) is 0 Å². The second-order valence-electron chi connectivity index (χ2n) is 4.23. The lowest BCUT2D eigenvalue weighted by Crippen LogP contribution is -2.09. The molecule has 1 aromatic carbocycles. The molecule has 5 heteroatoms. The summed E-state index contributed by atoms with van der Waals surface area (Å²) in [6.07, 6.45) is 0. The van der Waals surface area contributed by atoms with E-state index in [1.165, 1.54) is 17.8 Å². The number of carboxylic acids is 1. The van der Waals surface area contributed by atoms with E-state index in [1.807, 2.05) is 13.8 Å². The van der Waals surface area contributed by atoms with Crippen LogP contribution in [0.1, 0.15) is 41.5 Å². The van der Waals surface area contributed by atoms with Crippen molar-refractivity contribution in [2.24, 2.45) is 0 Å². The molecule has 19 heavy (non-hydrogen) atoms. The molecule has 1 rings (SSSR count). The van der Waals surface area contributed by atoms with Gasteiger partial charge in [0.25, 0.3) is 0 Å². The minimum atomic E-state index is -1.09. The number of ketones is 1. The van der Waals surface area contributed by atoms with Gasteiger partial charge in [0, 0.05) is 5.56 Å². The van der Waals surface area contributed by atoms with E-state index in [0.29, 0.717) is 28.9 Å². The fraction of sp³-hybridized carbons (Fsp3) is 0.429. The van der Waals surface area contributed by atoms with Crippen LogP contribution in [0.15, 0.2) is 18.2 Å². The highest BCUT2D eigenvalue weighted by Gasteiger charge is 2.15. The van der Waals surface area contributed by atoms with E-state index in [0.717, 1.165) is 0 Å². The third kappa shape index (κ3) is 4.59. The Hall–Kier alpha value is -1.49. The van der Waals surface area contributed by atoms with Gasteiger partial charge in [0.2, 0.25) is 0 Å². The molecule has 0 radical (unpaired) electrons. The van der Waals surface area contributed by atoms with E-state index < -0.39 is 5.97 Å². The molecule has 4 nitrogen and oxygen atoms in total. The summed E-state index contributed by atoms with van der Waals surface area (Å²) >= 11 is 1.53. The average Bonchev–Trinajstić information content (AvgIpc) is 2.36. The largest absolute Gasteiger partial charge is 0.493 e. The van der Waals surface area contributed by atoms with Crippen molar-refractivity contribution in [1.29, 1.82) is 0 Å². The average molecular weight is 282 g/mol. The molecule has 0 aliphatic heterocycles. The predicted octanol–water partition coefficient (Wildman–Crippen LogP) is 3.11. The van der Waals surface area contributed by atoms with Crippen LogP contribution in [0.4, 0.5) is 0 Å². The smallest absolute Gasteiger partial charge is 0.339 e. The fourth-order valence-electron chi connectivity index (χ4n) is 1.48. The highest BCUT2D eigenvalue weighted by Crippen LogP contribution is 2.22. The Morgan fingerprint density at radius 2 is 2.05 bits per heavy atom. The van der Waals surface area contributed by atoms with Gasteiger partial charge >= 0.3 is 5.97 Å². The third-order valence-corrected chi connectivity index (χ3v) is 3.48. The Bertz CT molecular complexity index is 469. The SMILES string of the molecule is CCOc1ccc(C(=O)CSC(C)C)cc1C(=O)O. The minimum Gasteiger partial charge on any atom is -0.493 e. The summed E-state index contributed by atoms with van der Waals surface area (Å²) < 4.78 is 5.23. The van der Waals surface area contributed by atoms with Crippen molar-refractivity contribution in [2.45, 2.75) is 26.0 Å². The molecule has 0 fully saturated rings. The van der Waals surface area contributed by atoms with Crippen LogP contribution < -0.4 is 4.74 Å². The van der Waals surface area contributed by atoms with E-state index in [1.54, 1.807) is 19.1 Å². The van der Waals surface area contributed by atoms with Crippen molar-refractivity contribution in [3.63, 3.8) is 0 Å². The highest BCUT2D eigenvalue weighted by molar-refractivity contribution is 8.00. The van der Waals surface area contributed by atoms with Crippen molar-refractivity contribution in [3.8, 4) is 5.75 Å². The second-order valence-corrected chi connectivity index (χ2v) is 5.80. The Balaban J connectivity index is 2.94. The number of Topliss-reactive ketones (excluding diaryl/α,β-unsaturated/α-hetero) is 1. The molecule has 1 N–H and O–H groups in total. The van der Waals surface area contributed by atoms with Crippen molar-refractivity contribution < 1.29 is 19.4 Å². The molecule has 0 spiro atoms. The number of ether oxygens (including phenoxy) is 1. The third-order valence-electron chi connectivity index (χ3n) is 2.38. The van der Waals surface area contributed by atoms with Gasteiger partial charge in [-0.1, -0.05) is 13.8 Å². The van der Waals surface area contributed by atoms with E-state index >= 15 is 0 Å². The number of carbonyl (C=O) groups is 2. The number of carbonyl (C=O) groups excluding carboxylic acids is 1. The molecular weight excluding hydrogens is 264 g/mol. The molecule has 0 amide bonds. The molecule has 0 aliphatic rings. The quantitative estimate of drug-likeness (QED) is 0.778. The maximum atomic E-state index is 11.9.